The highest BCUT2D eigenvalue weighted by molar-refractivity contribution is 5.80. The van der Waals surface area contributed by atoms with Gasteiger partial charge >= 0.3 is 0 Å². The van der Waals surface area contributed by atoms with Crippen molar-refractivity contribution in [3.8, 4) is 0 Å². The number of nitrogens with zero attached hydrogens (tertiary/aromatic N) is 1. The number of carbonyl (C=O) groups is 1. The predicted octanol–water partition coefficient (Wildman–Crippen LogP) is 16.2. The zero-order valence-electron chi connectivity index (χ0n) is 34.8. The van der Waals surface area contributed by atoms with E-state index in [1.165, 1.54) is 218 Å². The van der Waals surface area contributed by atoms with Gasteiger partial charge in [0.25, 0.3) is 0 Å². The summed E-state index contributed by atoms with van der Waals surface area (Å²) in [5.41, 5.74) is 0. The number of unbranched alkanes of at least 4 members (excludes halogenated alkanes) is 28. The Balaban J connectivity index is 0. The SMILES string of the molecule is CCCCCCCCC.CCCCCCCCCCCCCC(=O)CN(C)CCCCCCCCCCC(CC)CCCCCCCC. The molecular weight excluding hydrogens is 583 g/mol. The lowest BCUT2D eigenvalue weighted by atomic mass is 9.92. The Kier molecular flexibility index (Phi) is 46.3. The molecule has 0 aromatic heterocycles. The van der Waals surface area contributed by atoms with Crippen molar-refractivity contribution in [2.24, 2.45) is 5.92 Å². The first-order valence-corrected chi connectivity index (χ1v) is 22.8. The fourth-order valence-electron chi connectivity index (χ4n) is 7.12. The Morgan fingerprint density at radius 1 is 0.396 bits per heavy atom. The second-order valence-electron chi connectivity index (χ2n) is 15.8. The smallest absolute Gasteiger partial charge is 0.146 e. The maximum Gasteiger partial charge on any atom is 0.146 e. The summed E-state index contributed by atoms with van der Waals surface area (Å²) in [6.45, 7) is 13.3. The van der Waals surface area contributed by atoms with Gasteiger partial charge in [-0.1, -0.05) is 247 Å². The van der Waals surface area contributed by atoms with E-state index in [2.05, 4.69) is 46.6 Å². The number of ketones is 1. The number of rotatable bonds is 39. The quantitative estimate of drug-likeness (QED) is 0.0604. The van der Waals surface area contributed by atoms with E-state index in [9.17, 15) is 4.79 Å². The van der Waals surface area contributed by atoms with Gasteiger partial charge in [-0.05, 0) is 32.4 Å². The van der Waals surface area contributed by atoms with Gasteiger partial charge in [-0.2, -0.15) is 0 Å². The van der Waals surface area contributed by atoms with Crippen LogP contribution in [-0.4, -0.2) is 30.8 Å². The van der Waals surface area contributed by atoms with Crippen molar-refractivity contribution in [2.45, 2.75) is 266 Å². The number of hydrogen-bond acceptors (Lipinski definition) is 2. The zero-order valence-corrected chi connectivity index (χ0v) is 34.8. The van der Waals surface area contributed by atoms with Crippen LogP contribution in [-0.2, 0) is 4.79 Å². The lowest BCUT2D eigenvalue weighted by molar-refractivity contribution is -0.120. The van der Waals surface area contributed by atoms with Crippen LogP contribution in [0.4, 0.5) is 0 Å². The monoisotopic (exact) mass is 678 g/mol. The second-order valence-corrected chi connectivity index (χ2v) is 15.8. The molecule has 0 aromatic rings. The van der Waals surface area contributed by atoms with Gasteiger partial charge in [-0.25, -0.2) is 0 Å². The number of likely N-dealkylation sites (N-methyl/N-ethyl adjacent to an activating group) is 1. The molecule has 2 nitrogen and oxygen atoms in total. The minimum Gasteiger partial charge on any atom is -0.299 e. The summed E-state index contributed by atoms with van der Waals surface area (Å²) in [6.07, 6.45) is 49.6. The summed E-state index contributed by atoms with van der Waals surface area (Å²) in [5, 5.41) is 0. The summed E-state index contributed by atoms with van der Waals surface area (Å²) in [6, 6.07) is 0. The van der Waals surface area contributed by atoms with Crippen LogP contribution in [0, 0.1) is 5.92 Å². The molecule has 0 aromatic carbocycles. The fraction of sp³-hybridized carbons (Fsp3) is 0.978. The van der Waals surface area contributed by atoms with E-state index in [4.69, 9.17) is 0 Å². The highest BCUT2D eigenvalue weighted by atomic mass is 16.1. The maximum atomic E-state index is 12.3. The summed E-state index contributed by atoms with van der Waals surface area (Å²) >= 11 is 0. The molecule has 0 saturated heterocycles. The van der Waals surface area contributed by atoms with Crippen LogP contribution in [0.5, 0.6) is 0 Å². The van der Waals surface area contributed by atoms with Crippen molar-refractivity contribution in [1.29, 1.82) is 0 Å². The molecular formula is C46H95NO. The molecule has 0 amide bonds. The summed E-state index contributed by atoms with van der Waals surface area (Å²) < 4.78 is 0. The van der Waals surface area contributed by atoms with Crippen LogP contribution >= 0.6 is 0 Å². The Morgan fingerprint density at radius 3 is 1.02 bits per heavy atom. The first kappa shape index (κ1) is 49.7. The first-order chi connectivity index (χ1) is 23.5. The van der Waals surface area contributed by atoms with Crippen LogP contribution in [0.3, 0.4) is 0 Å². The van der Waals surface area contributed by atoms with Gasteiger partial charge in [0.1, 0.15) is 5.78 Å². The van der Waals surface area contributed by atoms with Crippen LogP contribution < -0.4 is 0 Å². The molecule has 0 fully saturated rings. The highest BCUT2D eigenvalue weighted by Crippen LogP contribution is 2.22. The van der Waals surface area contributed by atoms with E-state index >= 15 is 0 Å². The average molecular weight is 678 g/mol. The van der Waals surface area contributed by atoms with Gasteiger partial charge in [0, 0.05) is 6.42 Å². The molecule has 0 spiro atoms. The van der Waals surface area contributed by atoms with E-state index in [-0.39, 0.29) is 0 Å². The van der Waals surface area contributed by atoms with Crippen LogP contribution in [0.1, 0.15) is 266 Å². The topological polar surface area (TPSA) is 20.3 Å². The summed E-state index contributed by atoms with van der Waals surface area (Å²) in [5.74, 6) is 1.44. The maximum absolute atomic E-state index is 12.3. The van der Waals surface area contributed by atoms with Crippen molar-refractivity contribution in [3.63, 3.8) is 0 Å². The molecule has 0 radical (unpaired) electrons. The van der Waals surface area contributed by atoms with Gasteiger partial charge < -0.3 is 0 Å². The van der Waals surface area contributed by atoms with Crippen molar-refractivity contribution in [3.05, 3.63) is 0 Å². The molecule has 290 valence electrons. The van der Waals surface area contributed by atoms with Gasteiger partial charge in [0.2, 0.25) is 0 Å². The number of hydrogen-bond donors (Lipinski definition) is 0. The molecule has 0 aliphatic carbocycles. The predicted molar refractivity (Wildman–Crippen MR) is 221 cm³/mol. The van der Waals surface area contributed by atoms with Gasteiger partial charge in [-0.3, -0.25) is 9.69 Å². The van der Waals surface area contributed by atoms with Crippen LogP contribution in [0.25, 0.3) is 0 Å². The van der Waals surface area contributed by atoms with Crippen LogP contribution in [0.15, 0.2) is 0 Å². The molecule has 0 aliphatic rings. The molecule has 2 heteroatoms. The molecule has 48 heavy (non-hydrogen) atoms. The zero-order chi connectivity index (χ0) is 35.6. The fourth-order valence-corrected chi connectivity index (χ4v) is 7.12. The Morgan fingerprint density at radius 2 is 0.688 bits per heavy atom. The van der Waals surface area contributed by atoms with Gasteiger partial charge in [0.05, 0.1) is 6.54 Å². The van der Waals surface area contributed by atoms with E-state index in [0.29, 0.717) is 12.3 Å². The first-order valence-electron chi connectivity index (χ1n) is 22.8. The van der Waals surface area contributed by atoms with Crippen LogP contribution in [0.2, 0.25) is 0 Å². The summed E-state index contributed by atoms with van der Waals surface area (Å²) in [4.78, 5) is 14.6. The molecule has 0 aliphatic heterocycles. The van der Waals surface area contributed by atoms with Gasteiger partial charge in [0.15, 0.2) is 0 Å². The third kappa shape index (κ3) is 43.7. The Bertz CT molecular complexity index is 568. The van der Waals surface area contributed by atoms with E-state index < -0.39 is 0 Å². The lowest BCUT2D eigenvalue weighted by Gasteiger charge is -2.15. The van der Waals surface area contributed by atoms with Gasteiger partial charge in [-0.15, -0.1) is 0 Å². The Hall–Kier alpha value is -0.370. The van der Waals surface area contributed by atoms with Crippen molar-refractivity contribution >= 4 is 5.78 Å². The standard InChI is InChI=1S/C37H75NO.C9H20/c1-5-8-10-12-14-15-16-17-21-25-29-33-37(39)35-38(4)34-30-26-22-19-18-20-24-28-32-36(7-3)31-27-23-13-11-9-6-2;1-3-5-7-9-8-6-4-2/h36H,5-35H2,1-4H3;3-9H2,1-2H3. The van der Waals surface area contributed by atoms with E-state index in [0.717, 1.165) is 25.3 Å². The third-order valence-corrected chi connectivity index (χ3v) is 10.7. The molecule has 1 atom stereocenters. The number of carbonyl (C=O) groups excluding carboxylic acids is 1. The largest absolute Gasteiger partial charge is 0.299 e. The third-order valence-electron chi connectivity index (χ3n) is 10.7. The van der Waals surface area contributed by atoms with E-state index in [1.54, 1.807) is 0 Å². The molecule has 0 bridgehead atoms. The normalized spacial score (nSPS) is 12.0. The molecule has 0 heterocycles. The molecule has 0 N–H and O–H groups in total. The van der Waals surface area contributed by atoms with E-state index in [1.807, 2.05) is 0 Å². The average Bonchev–Trinajstić information content (AvgIpc) is 3.08. The summed E-state index contributed by atoms with van der Waals surface area (Å²) in [7, 11) is 2.13. The Labute approximate surface area is 306 Å². The highest BCUT2D eigenvalue weighted by Gasteiger charge is 2.07. The minimum absolute atomic E-state index is 0.450. The lowest BCUT2D eigenvalue weighted by Crippen LogP contribution is -2.26. The number of Topliss-reactive ketones (excluding diaryl/α,β-unsaturated/α-hetero) is 1. The molecule has 0 saturated carbocycles. The molecule has 0 rings (SSSR count). The molecule has 1 unspecified atom stereocenters. The van der Waals surface area contributed by atoms with Crippen molar-refractivity contribution in [1.82, 2.24) is 4.90 Å². The minimum atomic E-state index is 0.450. The van der Waals surface area contributed by atoms with Crippen molar-refractivity contribution in [2.75, 3.05) is 20.1 Å². The second kappa shape index (κ2) is 44.7. The van der Waals surface area contributed by atoms with Crippen molar-refractivity contribution < 1.29 is 4.79 Å².